The first-order chi connectivity index (χ1) is 12.3. The summed E-state index contributed by atoms with van der Waals surface area (Å²) in [6.45, 7) is 15.2. The molecule has 1 fully saturated rings. The van der Waals surface area contributed by atoms with Gasteiger partial charge >= 0.3 is 0 Å². The number of hydrogen-bond acceptors (Lipinski definition) is 3. The van der Waals surface area contributed by atoms with Crippen LogP contribution in [0.15, 0.2) is 30.8 Å². The fourth-order valence-electron chi connectivity index (χ4n) is 3.45. The van der Waals surface area contributed by atoms with E-state index < -0.39 is 0 Å². The number of amides is 2. The third-order valence-corrected chi connectivity index (χ3v) is 5.24. The van der Waals surface area contributed by atoms with Gasteiger partial charge in [-0.1, -0.05) is 45.5 Å². The Morgan fingerprint density at radius 2 is 1.69 bits per heavy atom. The highest BCUT2D eigenvalue weighted by Gasteiger charge is 2.33. The Balaban J connectivity index is 1.53. The van der Waals surface area contributed by atoms with Crippen LogP contribution < -0.4 is 0 Å². The Morgan fingerprint density at radius 1 is 1.08 bits per heavy atom. The van der Waals surface area contributed by atoms with Gasteiger partial charge < -0.3 is 4.90 Å². The summed E-state index contributed by atoms with van der Waals surface area (Å²) in [5, 5.41) is 0. The molecule has 2 aliphatic heterocycles. The normalized spacial score (nSPS) is 18.4. The van der Waals surface area contributed by atoms with Crippen molar-refractivity contribution in [3.8, 4) is 0 Å². The van der Waals surface area contributed by atoms with Gasteiger partial charge in [-0.25, -0.2) is 0 Å². The van der Waals surface area contributed by atoms with Gasteiger partial charge in [0.2, 0.25) is 5.91 Å². The summed E-state index contributed by atoms with van der Waals surface area (Å²) in [5.74, 6) is -0.120. The van der Waals surface area contributed by atoms with Gasteiger partial charge in [-0.3, -0.25) is 19.4 Å². The summed E-state index contributed by atoms with van der Waals surface area (Å²) >= 11 is 0. The highest BCUT2D eigenvalue weighted by atomic mass is 16.2. The quantitative estimate of drug-likeness (QED) is 0.834. The van der Waals surface area contributed by atoms with Crippen LogP contribution in [0.4, 0.5) is 0 Å². The van der Waals surface area contributed by atoms with E-state index in [1.165, 1.54) is 4.90 Å². The summed E-state index contributed by atoms with van der Waals surface area (Å²) in [5.41, 5.74) is 2.43. The molecule has 26 heavy (non-hydrogen) atoms. The van der Waals surface area contributed by atoms with Crippen molar-refractivity contribution in [2.75, 3.05) is 39.3 Å². The van der Waals surface area contributed by atoms with Crippen molar-refractivity contribution >= 4 is 17.5 Å². The third kappa shape index (κ3) is 3.98. The largest absolute Gasteiger partial charge is 0.339 e. The topological polar surface area (TPSA) is 43.9 Å². The number of carbonyl (C=O) groups is 2. The van der Waals surface area contributed by atoms with Crippen molar-refractivity contribution in [3.63, 3.8) is 0 Å². The number of rotatable bonds is 4. The molecule has 5 heteroatoms. The monoisotopic (exact) mass is 355 g/mol. The van der Waals surface area contributed by atoms with E-state index in [9.17, 15) is 9.59 Å². The van der Waals surface area contributed by atoms with Crippen LogP contribution in [0.1, 0.15) is 43.1 Å². The van der Waals surface area contributed by atoms with Gasteiger partial charge in [0.1, 0.15) is 6.54 Å². The fraction of sp³-hybridized carbons (Fsp3) is 0.524. The van der Waals surface area contributed by atoms with Crippen LogP contribution in [0, 0.1) is 5.41 Å². The zero-order chi connectivity index (χ0) is 18.9. The molecular weight excluding hydrogens is 326 g/mol. The van der Waals surface area contributed by atoms with Gasteiger partial charge in [0, 0.05) is 43.0 Å². The third-order valence-electron chi connectivity index (χ3n) is 5.24. The molecule has 2 amide bonds. The molecule has 0 spiro atoms. The summed E-state index contributed by atoms with van der Waals surface area (Å²) in [7, 11) is 0. The van der Waals surface area contributed by atoms with Gasteiger partial charge in [0.15, 0.2) is 0 Å². The van der Waals surface area contributed by atoms with Crippen LogP contribution in [-0.4, -0.2) is 65.8 Å². The van der Waals surface area contributed by atoms with Gasteiger partial charge in [-0.05, 0) is 24.4 Å². The number of nitrogens with zero attached hydrogens (tertiary/aromatic N) is 3. The van der Waals surface area contributed by atoms with Crippen molar-refractivity contribution in [1.82, 2.24) is 14.7 Å². The molecule has 0 aliphatic carbocycles. The van der Waals surface area contributed by atoms with Gasteiger partial charge in [0.05, 0.1) is 0 Å². The number of benzene rings is 1. The smallest absolute Gasteiger partial charge is 0.259 e. The maximum absolute atomic E-state index is 12.7. The van der Waals surface area contributed by atoms with Crippen LogP contribution in [0.2, 0.25) is 0 Å². The zero-order valence-corrected chi connectivity index (χ0v) is 16.1. The van der Waals surface area contributed by atoms with E-state index in [-0.39, 0.29) is 18.4 Å². The van der Waals surface area contributed by atoms with E-state index in [1.54, 1.807) is 6.07 Å². The first kappa shape index (κ1) is 18.6. The van der Waals surface area contributed by atoms with E-state index in [0.29, 0.717) is 16.7 Å². The lowest BCUT2D eigenvalue weighted by atomic mass is 9.92. The van der Waals surface area contributed by atoms with E-state index in [1.807, 2.05) is 23.1 Å². The first-order valence-electron chi connectivity index (χ1n) is 9.36. The van der Waals surface area contributed by atoms with Crippen molar-refractivity contribution in [2.24, 2.45) is 5.41 Å². The van der Waals surface area contributed by atoms with Crippen molar-refractivity contribution in [1.29, 1.82) is 0 Å². The molecule has 140 valence electrons. The van der Waals surface area contributed by atoms with Crippen LogP contribution in [0.25, 0.3) is 5.70 Å². The highest BCUT2D eigenvalue weighted by Crippen LogP contribution is 2.31. The lowest BCUT2D eigenvalue weighted by Crippen LogP contribution is -2.51. The highest BCUT2D eigenvalue weighted by molar-refractivity contribution is 6.10. The molecule has 0 radical (unpaired) electrons. The standard InChI is InChI=1S/C21H29N3O2/c1-16-17-7-5-6-8-18(17)20(26)24(16)15-19(25)23-13-11-22(12-14-23)10-9-21(2,3)4/h5-8H,1,9-15H2,2-4H3. The molecule has 0 aromatic heterocycles. The summed E-state index contributed by atoms with van der Waals surface area (Å²) in [4.78, 5) is 31.0. The predicted octanol–water partition coefficient (Wildman–Crippen LogP) is 2.69. The Kier molecular flexibility index (Phi) is 5.19. The van der Waals surface area contributed by atoms with E-state index in [2.05, 4.69) is 32.3 Å². The maximum Gasteiger partial charge on any atom is 0.259 e. The van der Waals surface area contributed by atoms with Crippen molar-refractivity contribution in [2.45, 2.75) is 27.2 Å². The lowest BCUT2D eigenvalue weighted by Gasteiger charge is -2.36. The molecular formula is C21H29N3O2. The molecule has 5 nitrogen and oxygen atoms in total. The van der Waals surface area contributed by atoms with E-state index in [0.717, 1.165) is 44.7 Å². The van der Waals surface area contributed by atoms with Crippen LogP contribution in [0.3, 0.4) is 0 Å². The minimum atomic E-state index is -0.122. The second-order valence-electron chi connectivity index (χ2n) is 8.42. The first-order valence-corrected chi connectivity index (χ1v) is 9.36. The molecule has 2 heterocycles. The molecule has 2 aliphatic rings. The molecule has 0 atom stereocenters. The number of fused-ring (bicyclic) bond motifs is 1. The molecule has 3 rings (SSSR count). The minimum absolute atomic E-state index is 0.00257. The second-order valence-corrected chi connectivity index (χ2v) is 8.42. The summed E-state index contributed by atoms with van der Waals surface area (Å²) < 4.78 is 0. The van der Waals surface area contributed by atoms with Crippen LogP contribution in [0.5, 0.6) is 0 Å². The van der Waals surface area contributed by atoms with Crippen LogP contribution in [-0.2, 0) is 4.79 Å². The predicted molar refractivity (Wildman–Crippen MR) is 104 cm³/mol. The number of carbonyl (C=O) groups excluding carboxylic acids is 2. The van der Waals surface area contributed by atoms with Gasteiger partial charge in [0.25, 0.3) is 5.91 Å². The fourth-order valence-corrected chi connectivity index (χ4v) is 3.45. The van der Waals surface area contributed by atoms with E-state index >= 15 is 0 Å². The van der Waals surface area contributed by atoms with Crippen molar-refractivity contribution < 1.29 is 9.59 Å². The number of piperazine rings is 1. The molecule has 1 aromatic rings. The average Bonchev–Trinajstić information content (AvgIpc) is 2.85. The van der Waals surface area contributed by atoms with Gasteiger partial charge in [-0.2, -0.15) is 0 Å². The second kappa shape index (κ2) is 7.23. The SMILES string of the molecule is C=C1c2ccccc2C(=O)N1CC(=O)N1CCN(CCC(C)(C)C)CC1. The molecule has 1 saturated heterocycles. The Morgan fingerprint density at radius 3 is 2.27 bits per heavy atom. The van der Waals surface area contributed by atoms with E-state index in [4.69, 9.17) is 0 Å². The molecule has 0 bridgehead atoms. The molecule has 0 saturated carbocycles. The molecule has 1 aromatic carbocycles. The molecule has 0 unspecified atom stereocenters. The number of hydrogen-bond donors (Lipinski definition) is 0. The lowest BCUT2D eigenvalue weighted by molar-refractivity contribution is -0.133. The minimum Gasteiger partial charge on any atom is -0.339 e. The summed E-state index contributed by atoms with van der Waals surface area (Å²) in [6.07, 6.45) is 1.15. The maximum atomic E-state index is 12.7. The summed E-state index contributed by atoms with van der Waals surface area (Å²) in [6, 6.07) is 7.40. The van der Waals surface area contributed by atoms with Crippen LogP contribution >= 0.6 is 0 Å². The Bertz CT molecular complexity index is 677. The Labute approximate surface area is 156 Å². The Hall–Kier alpha value is -2.14. The molecule has 0 N–H and O–H groups in total. The zero-order valence-electron chi connectivity index (χ0n) is 16.1. The van der Waals surface area contributed by atoms with Gasteiger partial charge in [-0.15, -0.1) is 0 Å². The average molecular weight is 355 g/mol. The van der Waals surface area contributed by atoms with Crippen molar-refractivity contribution in [3.05, 3.63) is 42.0 Å².